The molecule has 1 atom stereocenters. The van der Waals surface area contributed by atoms with Crippen LogP contribution in [0.4, 0.5) is 0 Å². The van der Waals surface area contributed by atoms with Gasteiger partial charge in [0.2, 0.25) is 0 Å². The van der Waals surface area contributed by atoms with E-state index in [9.17, 15) is 0 Å². The van der Waals surface area contributed by atoms with Gasteiger partial charge in [0.25, 0.3) is 0 Å². The van der Waals surface area contributed by atoms with Crippen molar-refractivity contribution in [3.63, 3.8) is 0 Å². The van der Waals surface area contributed by atoms with Gasteiger partial charge in [-0.2, -0.15) is 11.8 Å². The van der Waals surface area contributed by atoms with Crippen LogP contribution >= 0.6 is 11.8 Å². The lowest BCUT2D eigenvalue weighted by Gasteiger charge is -2.24. The molecule has 1 aliphatic heterocycles. The quantitative estimate of drug-likeness (QED) is 0.838. The Balaban J connectivity index is 1.99. The van der Waals surface area contributed by atoms with Crippen LogP contribution in [0.25, 0.3) is 0 Å². The Kier molecular flexibility index (Phi) is 6.67. The van der Waals surface area contributed by atoms with Crippen molar-refractivity contribution < 1.29 is 14.2 Å². The minimum Gasteiger partial charge on any atom is -0.493 e. The molecule has 1 N–H and O–H groups in total. The summed E-state index contributed by atoms with van der Waals surface area (Å²) >= 11 is 2.03. The van der Waals surface area contributed by atoms with Gasteiger partial charge < -0.3 is 19.5 Å². The Morgan fingerprint density at radius 2 is 1.95 bits per heavy atom. The molecular weight excluding hydrogens is 286 g/mol. The lowest BCUT2D eigenvalue weighted by atomic mass is 10.1. The monoisotopic (exact) mass is 311 g/mol. The molecule has 1 aromatic rings. The summed E-state index contributed by atoms with van der Waals surface area (Å²) in [5, 5.41) is 4.12. The van der Waals surface area contributed by atoms with Gasteiger partial charge in [0.1, 0.15) is 0 Å². The van der Waals surface area contributed by atoms with E-state index in [1.807, 2.05) is 24.9 Å². The molecule has 5 heteroatoms. The van der Waals surface area contributed by atoms with Gasteiger partial charge in [0.15, 0.2) is 11.5 Å². The third-order valence-electron chi connectivity index (χ3n) is 3.83. The molecule has 1 saturated heterocycles. The fourth-order valence-electron chi connectivity index (χ4n) is 2.49. The van der Waals surface area contributed by atoms with Crippen LogP contribution in [0.5, 0.6) is 11.5 Å². The van der Waals surface area contributed by atoms with E-state index >= 15 is 0 Å². The highest BCUT2D eigenvalue weighted by Crippen LogP contribution is 2.32. The second-order valence-corrected chi connectivity index (χ2v) is 6.43. The Bertz CT molecular complexity index is 436. The zero-order chi connectivity index (χ0) is 15.1. The van der Waals surface area contributed by atoms with Crippen LogP contribution in [0.15, 0.2) is 18.2 Å². The normalized spacial score (nSPS) is 17.5. The van der Waals surface area contributed by atoms with Gasteiger partial charge in [0.05, 0.1) is 14.2 Å². The van der Waals surface area contributed by atoms with E-state index in [1.54, 1.807) is 14.2 Å². The highest BCUT2D eigenvalue weighted by atomic mass is 32.2. The molecule has 1 heterocycles. The second kappa shape index (κ2) is 8.51. The molecule has 4 nitrogen and oxygen atoms in total. The number of hydrogen-bond donors (Lipinski definition) is 1. The van der Waals surface area contributed by atoms with Crippen molar-refractivity contribution in [3.05, 3.63) is 23.8 Å². The number of benzene rings is 1. The molecule has 0 amide bonds. The number of ether oxygens (including phenoxy) is 3. The second-order valence-electron chi connectivity index (χ2n) is 5.10. The maximum atomic E-state index is 5.41. The van der Waals surface area contributed by atoms with Gasteiger partial charge in [0, 0.05) is 30.3 Å². The molecule has 0 aliphatic carbocycles. The van der Waals surface area contributed by atoms with Crippen molar-refractivity contribution in [1.29, 1.82) is 0 Å². The summed E-state index contributed by atoms with van der Waals surface area (Å²) in [4.78, 5) is 0. The third-order valence-corrected chi connectivity index (χ3v) is 5.29. The first-order chi connectivity index (χ1) is 10.3. The van der Waals surface area contributed by atoms with Gasteiger partial charge in [-0.15, -0.1) is 0 Å². The Hall–Kier alpha value is -0.910. The smallest absolute Gasteiger partial charge is 0.161 e. The van der Waals surface area contributed by atoms with E-state index in [1.165, 1.54) is 5.56 Å². The van der Waals surface area contributed by atoms with E-state index in [-0.39, 0.29) is 0 Å². The molecule has 0 radical (unpaired) electrons. The lowest BCUT2D eigenvalue weighted by molar-refractivity contribution is 0.1000. The number of rotatable bonds is 7. The van der Waals surface area contributed by atoms with E-state index in [0.29, 0.717) is 6.04 Å². The topological polar surface area (TPSA) is 39.7 Å². The zero-order valence-electron chi connectivity index (χ0n) is 13.1. The van der Waals surface area contributed by atoms with Gasteiger partial charge in [-0.25, -0.2) is 0 Å². The fraction of sp³-hybridized carbons (Fsp3) is 0.625. The molecule has 0 bridgehead atoms. The molecule has 118 valence electrons. The van der Waals surface area contributed by atoms with E-state index in [2.05, 4.69) is 17.4 Å². The first-order valence-electron chi connectivity index (χ1n) is 7.37. The number of hydrogen-bond acceptors (Lipinski definition) is 5. The van der Waals surface area contributed by atoms with Gasteiger partial charge in [-0.3, -0.25) is 0 Å². The number of methoxy groups -OCH3 is 2. The summed E-state index contributed by atoms with van der Waals surface area (Å²) in [6, 6.07) is 6.45. The zero-order valence-corrected chi connectivity index (χ0v) is 13.9. The van der Waals surface area contributed by atoms with Gasteiger partial charge >= 0.3 is 0 Å². The molecule has 1 aromatic carbocycles. The Morgan fingerprint density at radius 1 is 1.24 bits per heavy atom. The predicted octanol–water partition coefficient (Wildman–Crippen LogP) is 2.88. The van der Waals surface area contributed by atoms with E-state index in [4.69, 9.17) is 14.2 Å². The average molecular weight is 311 g/mol. The largest absolute Gasteiger partial charge is 0.493 e. The van der Waals surface area contributed by atoms with Crippen LogP contribution in [-0.4, -0.2) is 45.5 Å². The highest BCUT2D eigenvalue weighted by molar-refractivity contribution is 7.99. The summed E-state index contributed by atoms with van der Waals surface area (Å²) in [5.74, 6) is 2.61. The maximum Gasteiger partial charge on any atom is 0.161 e. The van der Waals surface area contributed by atoms with Crippen molar-refractivity contribution in [2.75, 3.05) is 40.2 Å². The molecule has 0 spiro atoms. The number of nitrogens with one attached hydrogen (secondary N) is 1. The molecule has 1 unspecified atom stereocenters. The summed E-state index contributed by atoms with van der Waals surface area (Å²) < 4.78 is 16.1. The van der Waals surface area contributed by atoms with E-state index < -0.39 is 0 Å². The molecule has 1 aliphatic rings. The maximum absolute atomic E-state index is 5.41. The molecule has 21 heavy (non-hydrogen) atoms. The Labute approximate surface area is 131 Å². The highest BCUT2D eigenvalue weighted by Gasteiger charge is 2.18. The van der Waals surface area contributed by atoms with Crippen LogP contribution in [0.1, 0.15) is 24.4 Å². The standard InChI is InChI=1S/C16H25NO3S/c1-17-14(11-21-13-6-8-20-9-7-13)12-4-5-15(18-2)16(10-12)19-3/h4-5,10,13-14,17H,6-9,11H2,1-3H3. The number of thioether (sulfide) groups is 1. The van der Waals surface area contributed by atoms with Crippen molar-refractivity contribution in [1.82, 2.24) is 5.32 Å². The average Bonchev–Trinajstić information content (AvgIpc) is 2.56. The van der Waals surface area contributed by atoms with Crippen molar-refractivity contribution in [2.45, 2.75) is 24.1 Å². The van der Waals surface area contributed by atoms with Gasteiger partial charge in [-0.05, 0) is 37.6 Å². The summed E-state index contributed by atoms with van der Waals surface area (Å²) in [7, 11) is 5.34. The van der Waals surface area contributed by atoms with Crippen LogP contribution in [0, 0.1) is 0 Å². The summed E-state index contributed by atoms with van der Waals surface area (Å²) in [5.41, 5.74) is 1.23. The molecular formula is C16H25NO3S. The summed E-state index contributed by atoms with van der Waals surface area (Å²) in [6.45, 7) is 1.80. The van der Waals surface area contributed by atoms with Crippen LogP contribution < -0.4 is 14.8 Å². The minimum absolute atomic E-state index is 0.317. The van der Waals surface area contributed by atoms with Gasteiger partial charge in [-0.1, -0.05) is 6.07 Å². The minimum atomic E-state index is 0.317. The summed E-state index contributed by atoms with van der Waals surface area (Å²) in [6.07, 6.45) is 2.32. The predicted molar refractivity (Wildman–Crippen MR) is 87.6 cm³/mol. The molecule has 0 saturated carbocycles. The van der Waals surface area contributed by atoms with Crippen LogP contribution in [-0.2, 0) is 4.74 Å². The van der Waals surface area contributed by atoms with Crippen molar-refractivity contribution in [3.8, 4) is 11.5 Å². The first kappa shape index (κ1) is 16.5. The molecule has 2 rings (SSSR count). The van der Waals surface area contributed by atoms with Crippen LogP contribution in [0.2, 0.25) is 0 Å². The van der Waals surface area contributed by atoms with E-state index in [0.717, 1.165) is 48.6 Å². The fourth-order valence-corrected chi connectivity index (χ4v) is 3.84. The SMILES string of the molecule is CNC(CSC1CCOCC1)c1ccc(OC)c(OC)c1. The first-order valence-corrected chi connectivity index (χ1v) is 8.42. The van der Waals surface area contributed by atoms with Crippen LogP contribution in [0.3, 0.4) is 0 Å². The molecule has 0 aromatic heterocycles. The van der Waals surface area contributed by atoms with Crippen molar-refractivity contribution in [2.24, 2.45) is 0 Å². The molecule has 1 fully saturated rings. The lowest BCUT2D eigenvalue weighted by Crippen LogP contribution is -2.23. The Morgan fingerprint density at radius 3 is 2.57 bits per heavy atom. The van der Waals surface area contributed by atoms with Crippen molar-refractivity contribution >= 4 is 11.8 Å². The third kappa shape index (κ3) is 4.53.